The summed E-state index contributed by atoms with van der Waals surface area (Å²) in [5.41, 5.74) is 0.413. The molecule has 0 bridgehead atoms. The van der Waals surface area contributed by atoms with E-state index in [-0.39, 0.29) is 0 Å². The van der Waals surface area contributed by atoms with Crippen molar-refractivity contribution in [1.82, 2.24) is 0 Å². The summed E-state index contributed by atoms with van der Waals surface area (Å²) >= 11 is 0. The first kappa shape index (κ1) is 10.7. The molecule has 0 radical (unpaired) electrons. The lowest BCUT2D eigenvalue weighted by Crippen LogP contribution is -2.25. The molecule has 0 saturated heterocycles. The largest absolute Gasteiger partial charge is 0.103 e. The number of allylic oxidation sites excluding steroid dienone is 1. The molecule has 0 aromatic carbocycles. The Balaban J connectivity index is 4.15. The van der Waals surface area contributed by atoms with Crippen molar-refractivity contribution in [3.8, 4) is 0 Å². The van der Waals surface area contributed by atoms with Gasteiger partial charge >= 0.3 is 0 Å². The summed E-state index contributed by atoms with van der Waals surface area (Å²) in [5.74, 6) is 1.53. The van der Waals surface area contributed by atoms with Gasteiger partial charge in [-0.1, -0.05) is 40.7 Å². The van der Waals surface area contributed by atoms with Gasteiger partial charge in [-0.15, -0.1) is 6.58 Å². The molecule has 0 N–H and O–H groups in total. The van der Waals surface area contributed by atoms with Crippen LogP contribution < -0.4 is 0 Å². The predicted octanol–water partition coefficient (Wildman–Crippen LogP) is 3.88. The Morgan fingerprint density at radius 3 is 2.00 bits per heavy atom. The van der Waals surface area contributed by atoms with Crippen LogP contribution in [-0.2, 0) is 0 Å². The van der Waals surface area contributed by atoms with E-state index in [1.54, 1.807) is 0 Å². The van der Waals surface area contributed by atoms with Crippen LogP contribution in [-0.4, -0.2) is 0 Å². The first-order valence-corrected chi connectivity index (χ1v) is 4.52. The third-order valence-electron chi connectivity index (χ3n) is 2.90. The van der Waals surface area contributed by atoms with Gasteiger partial charge in [0.25, 0.3) is 0 Å². The van der Waals surface area contributed by atoms with Crippen molar-refractivity contribution in [3.05, 3.63) is 12.7 Å². The standard InChI is InChI=1S/C11H22/c1-7-8-11(5,6)10(4)9(2)3/h7,9-10H,1,8H2,2-6H3/t10-/m1/s1. The van der Waals surface area contributed by atoms with Crippen LogP contribution in [0.5, 0.6) is 0 Å². The fourth-order valence-electron chi connectivity index (χ4n) is 1.46. The highest BCUT2D eigenvalue weighted by Gasteiger charge is 2.26. The Hall–Kier alpha value is -0.260. The molecule has 0 heterocycles. The van der Waals surface area contributed by atoms with Crippen molar-refractivity contribution >= 4 is 0 Å². The SMILES string of the molecule is C=CCC(C)(C)[C@H](C)C(C)C. The zero-order valence-electron chi connectivity index (χ0n) is 8.65. The van der Waals surface area contributed by atoms with E-state index >= 15 is 0 Å². The molecule has 0 nitrogen and oxygen atoms in total. The molecule has 0 unspecified atom stereocenters. The van der Waals surface area contributed by atoms with Gasteiger partial charge in [-0.2, -0.15) is 0 Å². The molecule has 0 amide bonds. The molecule has 66 valence electrons. The first-order valence-electron chi connectivity index (χ1n) is 4.52. The summed E-state index contributed by atoms with van der Waals surface area (Å²) in [4.78, 5) is 0. The Morgan fingerprint density at radius 2 is 1.73 bits per heavy atom. The maximum absolute atomic E-state index is 3.79. The highest BCUT2D eigenvalue weighted by atomic mass is 14.3. The second-order valence-electron chi connectivity index (χ2n) is 4.51. The van der Waals surface area contributed by atoms with E-state index in [4.69, 9.17) is 0 Å². The molecule has 0 fully saturated rings. The molecule has 0 aliphatic heterocycles. The summed E-state index contributed by atoms with van der Waals surface area (Å²) in [6.07, 6.45) is 3.14. The van der Waals surface area contributed by atoms with Gasteiger partial charge in [0.05, 0.1) is 0 Å². The van der Waals surface area contributed by atoms with Crippen molar-refractivity contribution in [2.75, 3.05) is 0 Å². The number of hydrogen-bond acceptors (Lipinski definition) is 0. The van der Waals surface area contributed by atoms with E-state index in [9.17, 15) is 0 Å². The second-order valence-corrected chi connectivity index (χ2v) is 4.51. The van der Waals surface area contributed by atoms with Crippen molar-refractivity contribution in [3.63, 3.8) is 0 Å². The average molecular weight is 154 g/mol. The monoisotopic (exact) mass is 154 g/mol. The molecular weight excluding hydrogens is 132 g/mol. The highest BCUT2D eigenvalue weighted by Crippen LogP contribution is 2.35. The van der Waals surface area contributed by atoms with Gasteiger partial charge in [0, 0.05) is 0 Å². The summed E-state index contributed by atoms with van der Waals surface area (Å²) in [6.45, 7) is 15.3. The van der Waals surface area contributed by atoms with E-state index < -0.39 is 0 Å². The quantitative estimate of drug-likeness (QED) is 0.539. The lowest BCUT2D eigenvalue weighted by Gasteiger charge is -2.33. The van der Waals surface area contributed by atoms with Crippen molar-refractivity contribution in [2.24, 2.45) is 17.3 Å². The summed E-state index contributed by atoms with van der Waals surface area (Å²) in [5, 5.41) is 0. The molecule has 11 heavy (non-hydrogen) atoms. The van der Waals surface area contributed by atoms with Gasteiger partial charge in [0.1, 0.15) is 0 Å². The van der Waals surface area contributed by atoms with Crippen LogP contribution in [0.2, 0.25) is 0 Å². The minimum atomic E-state index is 0.413. The van der Waals surface area contributed by atoms with E-state index in [1.165, 1.54) is 0 Å². The summed E-state index contributed by atoms with van der Waals surface area (Å²) in [6, 6.07) is 0. The topological polar surface area (TPSA) is 0 Å². The third kappa shape index (κ3) is 3.09. The van der Waals surface area contributed by atoms with Gasteiger partial charge in [0.15, 0.2) is 0 Å². The van der Waals surface area contributed by atoms with Crippen LogP contribution in [0.3, 0.4) is 0 Å². The minimum Gasteiger partial charge on any atom is -0.103 e. The maximum Gasteiger partial charge on any atom is -0.0292 e. The fourth-order valence-corrected chi connectivity index (χ4v) is 1.46. The van der Waals surface area contributed by atoms with Crippen molar-refractivity contribution in [1.29, 1.82) is 0 Å². The normalized spacial score (nSPS) is 15.1. The Morgan fingerprint density at radius 1 is 1.27 bits per heavy atom. The third-order valence-corrected chi connectivity index (χ3v) is 2.90. The lowest BCUT2D eigenvalue weighted by atomic mass is 9.72. The highest BCUT2D eigenvalue weighted by molar-refractivity contribution is 4.84. The van der Waals surface area contributed by atoms with Crippen molar-refractivity contribution in [2.45, 2.75) is 41.0 Å². The molecule has 0 rings (SSSR count). The van der Waals surface area contributed by atoms with Gasteiger partial charge in [-0.25, -0.2) is 0 Å². The van der Waals surface area contributed by atoms with Crippen molar-refractivity contribution < 1.29 is 0 Å². The van der Waals surface area contributed by atoms with Crippen LogP contribution in [0.1, 0.15) is 41.0 Å². The van der Waals surface area contributed by atoms with Gasteiger partial charge in [-0.3, -0.25) is 0 Å². The Kier molecular flexibility index (Phi) is 3.85. The molecule has 0 aromatic rings. The predicted molar refractivity (Wildman–Crippen MR) is 52.6 cm³/mol. The smallest absolute Gasteiger partial charge is 0.0292 e. The van der Waals surface area contributed by atoms with Crippen LogP contribution in [0, 0.1) is 17.3 Å². The zero-order chi connectivity index (χ0) is 9.07. The second kappa shape index (κ2) is 3.94. The minimum absolute atomic E-state index is 0.413. The average Bonchev–Trinajstić information content (AvgIpc) is 1.86. The van der Waals surface area contributed by atoms with Crippen LogP contribution >= 0.6 is 0 Å². The van der Waals surface area contributed by atoms with E-state index in [0.717, 1.165) is 18.3 Å². The first-order chi connectivity index (χ1) is 4.91. The molecule has 0 aliphatic rings. The van der Waals surface area contributed by atoms with Gasteiger partial charge in [0.2, 0.25) is 0 Å². The van der Waals surface area contributed by atoms with E-state index in [1.807, 2.05) is 6.08 Å². The molecule has 0 aromatic heterocycles. The number of hydrogen-bond donors (Lipinski definition) is 0. The Labute approximate surface area is 71.7 Å². The van der Waals surface area contributed by atoms with E-state index in [0.29, 0.717) is 5.41 Å². The van der Waals surface area contributed by atoms with Gasteiger partial charge < -0.3 is 0 Å². The Bertz CT molecular complexity index is 120. The molecular formula is C11H22. The summed E-state index contributed by atoms with van der Waals surface area (Å²) < 4.78 is 0. The van der Waals surface area contributed by atoms with Gasteiger partial charge in [-0.05, 0) is 23.7 Å². The molecule has 0 heteroatoms. The maximum atomic E-state index is 3.79. The molecule has 0 aliphatic carbocycles. The van der Waals surface area contributed by atoms with E-state index in [2.05, 4.69) is 41.2 Å². The zero-order valence-corrected chi connectivity index (χ0v) is 8.65. The summed E-state index contributed by atoms with van der Waals surface area (Å²) in [7, 11) is 0. The van der Waals surface area contributed by atoms with Crippen LogP contribution in [0.25, 0.3) is 0 Å². The fraction of sp³-hybridized carbons (Fsp3) is 0.818. The molecule has 1 atom stereocenters. The van der Waals surface area contributed by atoms with Crippen LogP contribution in [0.15, 0.2) is 12.7 Å². The lowest BCUT2D eigenvalue weighted by molar-refractivity contribution is 0.178. The van der Waals surface area contributed by atoms with Crippen LogP contribution in [0.4, 0.5) is 0 Å². The molecule has 0 spiro atoms. The number of rotatable bonds is 4. The molecule has 0 saturated carbocycles.